The number of rotatable bonds is 10. The first kappa shape index (κ1) is 30.6. The Morgan fingerprint density at radius 2 is 1.06 bits per heavy atom. The summed E-state index contributed by atoms with van der Waals surface area (Å²) >= 11 is 0. The molecule has 0 aromatic heterocycles. The van der Waals surface area contributed by atoms with Crippen LogP contribution in [0.4, 0.5) is 65.9 Å². The molecule has 0 aliphatic rings. The summed E-state index contributed by atoms with van der Waals surface area (Å²) in [6.07, 6.45) is -13.2. The number of aliphatic carboxylic acids is 1. The maximum Gasteiger partial charge on any atom is 0.460 e. The molecule has 33 heavy (non-hydrogen) atoms. The summed E-state index contributed by atoms with van der Waals surface area (Å²) in [5.74, 6) is -51.1. The van der Waals surface area contributed by atoms with Gasteiger partial charge in [-0.15, -0.1) is 0 Å². The lowest BCUT2D eigenvalue weighted by Gasteiger charge is -2.41. The molecular formula is C14H9F15O4. The molecule has 1 atom stereocenters. The fourth-order valence-electron chi connectivity index (χ4n) is 1.91. The average molecular weight is 526 g/mol. The van der Waals surface area contributed by atoms with Gasteiger partial charge in [-0.05, 0) is 6.92 Å². The Balaban J connectivity index is 6.13. The first-order valence-corrected chi connectivity index (χ1v) is 7.66. The van der Waals surface area contributed by atoms with Crippen molar-refractivity contribution in [3.05, 3.63) is 12.2 Å². The van der Waals surface area contributed by atoms with Crippen LogP contribution < -0.4 is 0 Å². The second-order valence-electron chi connectivity index (χ2n) is 6.20. The van der Waals surface area contributed by atoms with Gasteiger partial charge in [-0.3, -0.25) is 0 Å². The van der Waals surface area contributed by atoms with E-state index < -0.39 is 66.2 Å². The van der Waals surface area contributed by atoms with E-state index in [1.165, 1.54) is 0 Å². The van der Waals surface area contributed by atoms with Crippen LogP contribution in [0.1, 0.15) is 13.3 Å². The number of ether oxygens (including phenoxy) is 1. The molecule has 19 heteroatoms. The fraction of sp³-hybridized carbons (Fsp3) is 0.714. The summed E-state index contributed by atoms with van der Waals surface area (Å²) in [7, 11) is 0. The molecule has 0 amide bonds. The molecule has 1 unspecified atom stereocenters. The molecule has 0 spiro atoms. The predicted molar refractivity (Wildman–Crippen MR) is 72.7 cm³/mol. The maximum atomic E-state index is 13.6. The van der Waals surface area contributed by atoms with E-state index >= 15 is 0 Å². The highest BCUT2D eigenvalue weighted by molar-refractivity contribution is 5.90. The Kier molecular flexibility index (Phi) is 8.14. The lowest BCUT2D eigenvalue weighted by atomic mass is 9.89. The van der Waals surface area contributed by atoms with Crippen LogP contribution in [-0.2, 0) is 14.3 Å². The lowest BCUT2D eigenvalue weighted by molar-refractivity contribution is -0.453. The summed E-state index contributed by atoms with van der Waals surface area (Å²) < 4.78 is 199. The quantitative estimate of drug-likeness (QED) is 0.238. The van der Waals surface area contributed by atoms with E-state index in [4.69, 9.17) is 5.11 Å². The molecule has 0 aromatic rings. The molecule has 0 radical (unpaired) electrons. The van der Waals surface area contributed by atoms with Crippen molar-refractivity contribution >= 4 is 11.9 Å². The standard InChI is InChI=1S/C14H9F15O4/c1-5(33-7(32)3-2-6(30)31)4-8(15,16)9(17,18)10(19,20)11(21,22)12(23,24)13(25,26)14(27,28)29/h2-3,5H,4H2,1H3,(H,30,31)/b3-2+. The van der Waals surface area contributed by atoms with Crippen LogP contribution in [0.3, 0.4) is 0 Å². The summed E-state index contributed by atoms with van der Waals surface area (Å²) in [6.45, 7) is 0.221. The number of alkyl halides is 15. The van der Waals surface area contributed by atoms with E-state index in [1.807, 2.05) is 0 Å². The number of hydrogen-bond donors (Lipinski definition) is 1. The summed E-state index contributed by atoms with van der Waals surface area (Å²) in [5, 5.41) is 8.18. The third kappa shape index (κ3) is 5.25. The summed E-state index contributed by atoms with van der Waals surface area (Å²) in [6, 6.07) is 0. The van der Waals surface area contributed by atoms with Gasteiger partial charge in [0.15, 0.2) is 0 Å². The normalized spacial score (nSPS) is 16.1. The van der Waals surface area contributed by atoms with Crippen LogP contribution in [0.15, 0.2) is 12.2 Å². The number of esters is 1. The topological polar surface area (TPSA) is 63.6 Å². The van der Waals surface area contributed by atoms with Crippen LogP contribution in [0.25, 0.3) is 0 Å². The number of carbonyl (C=O) groups is 2. The first-order valence-electron chi connectivity index (χ1n) is 7.66. The van der Waals surface area contributed by atoms with E-state index in [-0.39, 0.29) is 19.1 Å². The van der Waals surface area contributed by atoms with Crippen LogP contribution in [-0.4, -0.2) is 64.9 Å². The molecule has 0 saturated heterocycles. The second-order valence-corrected chi connectivity index (χ2v) is 6.20. The van der Waals surface area contributed by atoms with Crippen LogP contribution >= 0.6 is 0 Å². The molecule has 0 bridgehead atoms. The van der Waals surface area contributed by atoms with Gasteiger partial charge in [-0.2, -0.15) is 65.9 Å². The van der Waals surface area contributed by atoms with Gasteiger partial charge in [0.25, 0.3) is 0 Å². The number of hydrogen-bond acceptors (Lipinski definition) is 3. The monoisotopic (exact) mass is 526 g/mol. The number of carboxylic acids is 1. The largest absolute Gasteiger partial charge is 0.478 e. The molecule has 194 valence electrons. The zero-order valence-electron chi connectivity index (χ0n) is 15.3. The highest BCUT2D eigenvalue weighted by Crippen LogP contribution is 2.62. The molecule has 4 nitrogen and oxygen atoms in total. The van der Waals surface area contributed by atoms with E-state index in [9.17, 15) is 75.4 Å². The molecule has 0 heterocycles. The molecular weight excluding hydrogens is 517 g/mol. The smallest absolute Gasteiger partial charge is 0.460 e. The van der Waals surface area contributed by atoms with Crippen molar-refractivity contribution in [1.82, 2.24) is 0 Å². The van der Waals surface area contributed by atoms with Crippen molar-refractivity contribution in [3.63, 3.8) is 0 Å². The Morgan fingerprint density at radius 1 is 0.697 bits per heavy atom. The van der Waals surface area contributed by atoms with E-state index in [2.05, 4.69) is 4.74 Å². The Bertz CT molecular complexity index is 769. The van der Waals surface area contributed by atoms with Gasteiger partial charge >= 0.3 is 53.7 Å². The van der Waals surface area contributed by atoms with E-state index in [1.54, 1.807) is 0 Å². The Morgan fingerprint density at radius 3 is 1.42 bits per heavy atom. The molecule has 0 aliphatic carbocycles. The number of carboxylic acid groups (broad SMARTS) is 1. The fourth-order valence-corrected chi connectivity index (χ4v) is 1.91. The number of carbonyl (C=O) groups excluding carboxylic acids is 1. The van der Waals surface area contributed by atoms with Crippen molar-refractivity contribution in [2.75, 3.05) is 0 Å². The Hall–Kier alpha value is -2.37. The van der Waals surface area contributed by atoms with Crippen molar-refractivity contribution in [3.8, 4) is 0 Å². The highest BCUT2D eigenvalue weighted by Gasteiger charge is 2.93. The molecule has 0 fully saturated rings. The van der Waals surface area contributed by atoms with Gasteiger partial charge in [-0.25, -0.2) is 9.59 Å². The molecule has 0 aromatic carbocycles. The van der Waals surface area contributed by atoms with Crippen LogP contribution in [0, 0.1) is 0 Å². The van der Waals surface area contributed by atoms with E-state index in [0.29, 0.717) is 0 Å². The molecule has 0 aliphatic heterocycles. The predicted octanol–water partition coefficient (Wildman–Crippen LogP) is 5.32. The summed E-state index contributed by atoms with van der Waals surface area (Å²) in [5.41, 5.74) is 0. The van der Waals surface area contributed by atoms with Gasteiger partial charge in [0.2, 0.25) is 0 Å². The van der Waals surface area contributed by atoms with Crippen LogP contribution in [0.2, 0.25) is 0 Å². The minimum atomic E-state index is -8.41. The minimum absolute atomic E-state index is 0.0133. The van der Waals surface area contributed by atoms with Crippen molar-refractivity contribution in [2.24, 2.45) is 0 Å². The van der Waals surface area contributed by atoms with Gasteiger partial charge < -0.3 is 9.84 Å². The maximum absolute atomic E-state index is 13.6. The zero-order valence-corrected chi connectivity index (χ0v) is 15.3. The molecule has 1 N–H and O–H groups in total. The van der Waals surface area contributed by atoms with Gasteiger partial charge in [0.1, 0.15) is 6.10 Å². The second kappa shape index (κ2) is 8.77. The van der Waals surface area contributed by atoms with Gasteiger partial charge in [0.05, 0.1) is 6.42 Å². The molecule has 0 saturated carbocycles. The SMILES string of the molecule is CC(CC(F)(F)C(F)(F)C(F)(F)C(F)(F)C(F)(F)C(F)(F)C(F)(F)F)OC(=O)/C=C/C(=O)O. The number of halogens is 15. The third-order valence-corrected chi connectivity index (χ3v) is 3.62. The average Bonchev–Trinajstić information content (AvgIpc) is 2.57. The van der Waals surface area contributed by atoms with E-state index in [0.717, 1.165) is 0 Å². The van der Waals surface area contributed by atoms with Gasteiger partial charge in [-0.1, -0.05) is 0 Å². The molecule has 0 rings (SSSR count). The zero-order chi connectivity index (χ0) is 27.1. The van der Waals surface area contributed by atoms with Crippen molar-refractivity contribution in [1.29, 1.82) is 0 Å². The van der Waals surface area contributed by atoms with Gasteiger partial charge in [0, 0.05) is 12.2 Å². The highest BCUT2D eigenvalue weighted by atomic mass is 19.4. The minimum Gasteiger partial charge on any atom is -0.478 e. The van der Waals surface area contributed by atoms with Crippen LogP contribution in [0.5, 0.6) is 0 Å². The third-order valence-electron chi connectivity index (χ3n) is 3.62. The first-order chi connectivity index (χ1) is 14.2. The Labute approximate surface area is 172 Å². The lowest BCUT2D eigenvalue weighted by Crippen LogP contribution is -2.72. The van der Waals surface area contributed by atoms with Crippen molar-refractivity contribution in [2.45, 2.75) is 61.2 Å². The van der Waals surface area contributed by atoms with Crippen molar-refractivity contribution < 1.29 is 85.3 Å². The summed E-state index contributed by atoms with van der Waals surface area (Å²) in [4.78, 5) is 21.1.